The number of hydrogen-bond donors (Lipinski definition) is 0. The average Bonchev–Trinajstić information content (AvgIpc) is 3.40. The molecule has 27 heavy (non-hydrogen) atoms. The number of carbonyl (C=O) groups excluding carboxylic acids is 1. The van der Waals surface area contributed by atoms with Crippen molar-refractivity contribution >= 4 is 5.91 Å². The fourth-order valence-electron chi connectivity index (χ4n) is 4.94. The van der Waals surface area contributed by atoms with E-state index in [-0.39, 0.29) is 0 Å². The molecule has 4 rings (SSSR count). The van der Waals surface area contributed by atoms with Crippen LogP contribution in [0.3, 0.4) is 0 Å². The largest absolute Gasteiger partial charge is 0.338 e. The molecule has 2 aliphatic carbocycles. The molecule has 0 bridgehead atoms. The van der Waals surface area contributed by atoms with Gasteiger partial charge in [0.25, 0.3) is 0 Å². The normalized spacial score (nSPS) is 26.0. The molecule has 3 aliphatic rings. The monoisotopic (exact) mass is 372 g/mol. The Balaban J connectivity index is 1.46. The van der Waals surface area contributed by atoms with Crippen LogP contribution in [0, 0.1) is 11.8 Å². The van der Waals surface area contributed by atoms with Crippen LogP contribution >= 0.6 is 0 Å². The molecule has 5 nitrogen and oxygen atoms in total. The van der Waals surface area contributed by atoms with E-state index in [0.717, 1.165) is 32.1 Å². The lowest BCUT2D eigenvalue weighted by Gasteiger charge is -2.35. The van der Waals surface area contributed by atoms with E-state index in [4.69, 9.17) is 0 Å². The predicted molar refractivity (Wildman–Crippen MR) is 107 cm³/mol. The highest BCUT2D eigenvalue weighted by Crippen LogP contribution is 2.33. The molecule has 5 heteroatoms. The first kappa shape index (κ1) is 19.0. The van der Waals surface area contributed by atoms with Crippen LogP contribution in [0.25, 0.3) is 0 Å². The van der Waals surface area contributed by atoms with Gasteiger partial charge in [-0.15, -0.1) is 0 Å². The van der Waals surface area contributed by atoms with E-state index in [1.54, 1.807) is 0 Å². The zero-order valence-corrected chi connectivity index (χ0v) is 17.1. The minimum atomic E-state index is 0.339. The molecule has 1 saturated heterocycles. The van der Waals surface area contributed by atoms with Gasteiger partial charge in [0.05, 0.1) is 12.0 Å². The summed E-state index contributed by atoms with van der Waals surface area (Å²) in [4.78, 5) is 22.0. The molecule has 1 atom stereocenters. The van der Waals surface area contributed by atoms with Crippen LogP contribution in [0.4, 0.5) is 0 Å². The van der Waals surface area contributed by atoms with Gasteiger partial charge in [0.2, 0.25) is 5.91 Å². The molecule has 150 valence electrons. The Hall–Kier alpha value is -1.36. The maximum absolute atomic E-state index is 12.8. The highest BCUT2D eigenvalue weighted by Gasteiger charge is 2.35. The maximum Gasteiger partial charge on any atom is 0.224 e. The van der Waals surface area contributed by atoms with Crippen molar-refractivity contribution in [1.82, 2.24) is 19.4 Å². The van der Waals surface area contributed by atoms with Crippen LogP contribution in [0.5, 0.6) is 0 Å². The van der Waals surface area contributed by atoms with Crippen LogP contribution in [-0.4, -0.2) is 50.9 Å². The minimum absolute atomic E-state index is 0.339. The van der Waals surface area contributed by atoms with E-state index in [1.807, 2.05) is 12.5 Å². The van der Waals surface area contributed by atoms with Crippen LogP contribution in [0.1, 0.15) is 76.9 Å². The van der Waals surface area contributed by atoms with E-state index in [1.165, 1.54) is 50.6 Å². The van der Waals surface area contributed by atoms with Gasteiger partial charge in [-0.2, -0.15) is 0 Å². The Morgan fingerprint density at radius 3 is 2.63 bits per heavy atom. The van der Waals surface area contributed by atoms with Gasteiger partial charge in [-0.05, 0) is 37.5 Å². The van der Waals surface area contributed by atoms with E-state index in [2.05, 4.69) is 33.2 Å². The van der Waals surface area contributed by atoms with Crippen molar-refractivity contribution in [2.45, 2.75) is 83.8 Å². The van der Waals surface area contributed by atoms with Crippen LogP contribution < -0.4 is 0 Å². The molecule has 1 aliphatic heterocycles. The molecule has 1 amide bonds. The minimum Gasteiger partial charge on any atom is -0.338 e. The summed E-state index contributed by atoms with van der Waals surface area (Å²) in [6, 6.07) is 0.962. The third-order valence-electron chi connectivity index (χ3n) is 6.83. The van der Waals surface area contributed by atoms with Gasteiger partial charge in [0.1, 0.15) is 0 Å². The number of hydrogen-bond acceptors (Lipinski definition) is 3. The number of nitrogens with zero attached hydrogens (tertiary/aromatic N) is 4. The number of imidazole rings is 1. The van der Waals surface area contributed by atoms with Gasteiger partial charge in [0, 0.05) is 50.9 Å². The first-order valence-corrected chi connectivity index (χ1v) is 11.1. The van der Waals surface area contributed by atoms with E-state index in [9.17, 15) is 4.79 Å². The summed E-state index contributed by atoms with van der Waals surface area (Å²) < 4.78 is 2.43. The van der Waals surface area contributed by atoms with Crippen molar-refractivity contribution in [1.29, 1.82) is 0 Å². The molecule has 0 aromatic carbocycles. The smallest absolute Gasteiger partial charge is 0.224 e. The highest BCUT2D eigenvalue weighted by molar-refractivity contribution is 5.77. The van der Waals surface area contributed by atoms with Crippen molar-refractivity contribution in [2.75, 3.05) is 19.6 Å². The Bertz CT molecular complexity index is 630. The van der Waals surface area contributed by atoms with Gasteiger partial charge in [-0.25, -0.2) is 4.98 Å². The first-order chi connectivity index (χ1) is 13.1. The third kappa shape index (κ3) is 4.56. The summed E-state index contributed by atoms with van der Waals surface area (Å²) >= 11 is 0. The van der Waals surface area contributed by atoms with Crippen molar-refractivity contribution in [3.63, 3.8) is 0 Å². The first-order valence-electron chi connectivity index (χ1n) is 11.1. The SMILES string of the molecule is CC(C)[C@@H]1CN(Cc2cncn2C2CCCCC2)CCC(=O)N1CC1CC1. The number of carbonyl (C=O) groups is 1. The fourth-order valence-corrected chi connectivity index (χ4v) is 4.94. The van der Waals surface area contributed by atoms with Gasteiger partial charge in [0.15, 0.2) is 0 Å². The molecule has 2 saturated carbocycles. The second-order valence-electron chi connectivity index (χ2n) is 9.37. The topological polar surface area (TPSA) is 41.4 Å². The fraction of sp³-hybridized carbons (Fsp3) is 0.818. The van der Waals surface area contributed by atoms with Gasteiger partial charge >= 0.3 is 0 Å². The van der Waals surface area contributed by atoms with Crippen molar-refractivity contribution < 1.29 is 4.79 Å². The zero-order chi connectivity index (χ0) is 18.8. The molecule has 0 radical (unpaired) electrons. The molecule has 0 N–H and O–H groups in total. The van der Waals surface area contributed by atoms with Crippen LogP contribution in [0.2, 0.25) is 0 Å². The Morgan fingerprint density at radius 1 is 1.15 bits per heavy atom. The Kier molecular flexibility index (Phi) is 5.86. The summed E-state index contributed by atoms with van der Waals surface area (Å²) in [5, 5.41) is 0. The molecular weight excluding hydrogens is 336 g/mol. The van der Waals surface area contributed by atoms with Gasteiger partial charge < -0.3 is 9.47 Å². The summed E-state index contributed by atoms with van der Waals surface area (Å²) in [5.41, 5.74) is 1.33. The van der Waals surface area contributed by atoms with Gasteiger partial charge in [-0.1, -0.05) is 33.1 Å². The predicted octanol–water partition coefficient (Wildman–Crippen LogP) is 3.86. The van der Waals surface area contributed by atoms with Crippen LogP contribution in [-0.2, 0) is 11.3 Å². The number of rotatable bonds is 6. The summed E-state index contributed by atoms with van der Waals surface area (Å²) in [7, 11) is 0. The van der Waals surface area contributed by atoms with Crippen molar-refractivity contribution in [3.8, 4) is 0 Å². The summed E-state index contributed by atoms with van der Waals surface area (Å²) in [6.45, 7) is 8.31. The molecule has 1 aromatic rings. The third-order valence-corrected chi connectivity index (χ3v) is 6.83. The molecule has 0 unspecified atom stereocenters. The maximum atomic E-state index is 12.8. The zero-order valence-electron chi connectivity index (χ0n) is 17.1. The lowest BCUT2D eigenvalue weighted by Crippen LogP contribution is -2.47. The summed E-state index contributed by atoms with van der Waals surface area (Å²) in [5.74, 6) is 1.62. The Labute approximate surface area is 164 Å². The second kappa shape index (κ2) is 8.34. The Morgan fingerprint density at radius 2 is 1.93 bits per heavy atom. The highest BCUT2D eigenvalue weighted by atomic mass is 16.2. The molecule has 2 heterocycles. The molecule has 3 fully saturated rings. The van der Waals surface area contributed by atoms with Gasteiger partial charge in [-0.3, -0.25) is 9.69 Å². The quantitative estimate of drug-likeness (QED) is 0.761. The van der Waals surface area contributed by atoms with E-state index < -0.39 is 0 Å². The average molecular weight is 373 g/mol. The number of aromatic nitrogens is 2. The lowest BCUT2D eigenvalue weighted by atomic mass is 9.95. The molecule has 1 aromatic heterocycles. The van der Waals surface area contributed by atoms with Crippen LogP contribution in [0.15, 0.2) is 12.5 Å². The van der Waals surface area contributed by atoms with Crippen molar-refractivity contribution in [2.24, 2.45) is 11.8 Å². The number of amides is 1. The molecular formula is C22H36N4O. The standard InChI is InChI=1S/C22H36N4O/c1-17(2)21-15-24(11-10-22(27)25(21)13-18-8-9-18)14-20-12-23-16-26(20)19-6-4-3-5-7-19/h12,16-19,21H,3-11,13-15H2,1-2H3/t21-/m0/s1. The molecule has 0 spiro atoms. The lowest BCUT2D eigenvalue weighted by molar-refractivity contribution is -0.133. The van der Waals surface area contributed by atoms with E-state index in [0.29, 0.717) is 30.3 Å². The van der Waals surface area contributed by atoms with E-state index >= 15 is 0 Å². The summed E-state index contributed by atoms with van der Waals surface area (Å²) in [6.07, 6.45) is 14.0. The van der Waals surface area contributed by atoms with Crippen molar-refractivity contribution in [3.05, 3.63) is 18.2 Å². The second-order valence-corrected chi connectivity index (χ2v) is 9.37.